The van der Waals surface area contributed by atoms with E-state index in [2.05, 4.69) is 4.74 Å². The van der Waals surface area contributed by atoms with Crippen molar-refractivity contribution in [1.82, 2.24) is 4.57 Å². The van der Waals surface area contributed by atoms with Gasteiger partial charge < -0.3 is 14.0 Å². The van der Waals surface area contributed by atoms with Crippen LogP contribution in [0.4, 0.5) is 14.5 Å². The molecule has 35 heavy (non-hydrogen) atoms. The minimum atomic E-state index is -2.93. The van der Waals surface area contributed by atoms with Gasteiger partial charge in [0.25, 0.3) is 5.69 Å². The van der Waals surface area contributed by atoms with Crippen LogP contribution in [0.1, 0.15) is 34.2 Å². The predicted octanol–water partition coefficient (Wildman–Crippen LogP) is 5.43. The van der Waals surface area contributed by atoms with Crippen LogP contribution < -0.4 is 4.74 Å². The Bertz CT molecular complexity index is 1280. The van der Waals surface area contributed by atoms with Gasteiger partial charge in [-0.1, -0.05) is 12.1 Å². The molecule has 1 heterocycles. The van der Waals surface area contributed by atoms with Crippen LogP contribution >= 0.6 is 0 Å². The van der Waals surface area contributed by atoms with E-state index in [1.165, 1.54) is 43.3 Å². The second kappa shape index (κ2) is 10.7. The molecule has 0 amide bonds. The minimum absolute atomic E-state index is 0.0150. The number of alkyl halides is 2. The molecule has 0 fully saturated rings. The third kappa shape index (κ3) is 6.17. The van der Waals surface area contributed by atoms with Crippen molar-refractivity contribution < 1.29 is 32.8 Å². The monoisotopic (exact) mass is 484 g/mol. The molecule has 0 N–H and O–H groups in total. The number of Topliss-reactive ketones (excluding diaryl/α,β-unsaturated/α-hetero) is 1. The molecule has 3 rings (SSSR count). The summed E-state index contributed by atoms with van der Waals surface area (Å²) < 4.78 is 36.1. The van der Waals surface area contributed by atoms with Gasteiger partial charge in [-0.2, -0.15) is 8.78 Å². The minimum Gasteiger partial charge on any atom is -0.451 e. The molecule has 0 aliphatic carbocycles. The fourth-order valence-corrected chi connectivity index (χ4v) is 3.58. The number of carbonyl (C=O) groups is 2. The highest BCUT2D eigenvalue weighted by molar-refractivity contribution is 6.02. The number of esters is 1. The molecule has 8 nitrogen and oxygen atoms in total. The van der Waals surface area contributed by atoms with E-state index in [4.69, 9.17) is 4.74 Å². The number of aryl methyl sites for hydroxylation is 1. The van der Waals surface area contributed by atoms with Crippen LogP contribution in [0.25, 0.3) is 11.8 Å². The standard InChI is InChI=1S/C25H22F2N2O6/c1-15-13-22(16(2)28(15)19-8-10-21(11-9-19)35-25(26)27)24(31)17(3)34-23(30)12-7-18-5-4-6-20(14-18)29(32)33/h4-14,17,25H,1-3H3/b12-7+. The van der Waals surface area contributed by atoms with E-state index in [-0.39, 0.29) is 11.4 Å². The summed E-state index contributed by atoms with van der Waals surface area (Å²) in [5.74, 6) is -1.18. The number of ketones is 1. The number of aromatic nitrogens is 1. The van der Waals surface area contributed by atoms with Gasteiger partial charge >= 0.3 is 12.6 Å². The van der Waals surface area contributed by atoms with Gasteiger partial charge in [0, 0.05) is 40.8 Å². The molecule has 0 radical (unpaired) electrons. The summed E-state index contributed by atoms with van der Waals surface area (Å²) in [7, 11) is 0. The first-order valence-electron chi connectivity index (χ1n) is 10.5. The van der Waals surface area contributed by atoms with Crippen molar-refractivity contribution in [2.24, 2.45) is 0 Å². The van der Waals surface area contributed by atoms with E-state index in [1.807, 2.05) is 0 Å². The third-order valence-corrected chi connectivity index (χ3v) is 5.17. The summed E-state index contributed by atoms with van der Waals surface area (Å²) in [4.78, 5) is 35.5. The summed E-state index contributed by atoms with van der Waals surface area (Å²) in [6.45, 7) is 2.03. The Morgan fingerprint density at radius 2 is 1.77 bits per heavy atom. The van der Waals surface area contributed by atoms with Crippen molar-refractivity contribution in [3.63, 3.8) is 0 Å². The van der Waals surface area contributed by atoms with Gasteiger partial charge in [0.1, 0.15) is 5.75 Å². The lowest BCUT2D eigenvalue weighted by molar-refractivity contribution is -0.384. The summed E-state index contributed by atoms with van der Waals surface area (Å²) in [6, 6.07) is 13.4. The lowest BCUT2D eigenvalue weighted by Crippen LogP contribution is -2.24. The van der Waals surface area contributed by atoms with Crippen LogP contribution in [0.15, 0.2) is 60.7 Å². The maximum Gasteiger partial charge on any atom is 0.387 e. The van der Waals surface area contributed by atoms with Gasteiger partial charge in [-0.3, -0.25) is 14.9 Å². The van der Waals surface area contributed by atoms with Crippen molar-refractivity contribution in [3.05, 3.63) is 93.3 Å². The molecular weight excluding hydrogens is 462 g/mol. The first kappa shape index (κ1) is 25.3. The number of rotatable bonds is 9. The van der Waals surface area contributed by atoms with Crippen LogP contribution in [0, 0.1) is 24.0 Å². The topological polar surface area (TPSA) is 101 Å². The van der Waals surface area contributed by atoms with Gasteiger partial charge in [0.2, 0.25) is 5.78 Å². The van der Waals surface area contributed by atoms with Crippen LogP contribution in [0.3, 0.4) is 0 Å². The zero-order chi connectivity index (χ0) is 25.7. The molecule has 0 aliphatic rings. The molecule has 0 spiro atoms. The highest BCUT2D eigenvalue weighted by Crippen LogP contribution is 2.25. The molecule has 1 atom stereocenters. The van der Waals surface area contributed by atoms with Crippen molar-refractivity contribution >= 4 is 23.5 Å². The number of carbonyl (C=O) groups excluding carboxylic acids is 2. The summed E-state index contributed by atoms with van der Waals surface area (Å²) >= 11 is 0. The zero-order valence-corrected chi connectivity index (χ0v) is 19.1. The average molecular weight is 484 g/mol. The van der Waals surface area contributed by atoms with Crippen LogP contribution in [0.5, 0.6) is 5.75 Å². The van der Waals surface area contributed by atoms with Crippen molar-refractivity contribution in [2.45, 2.75) is 33.5 Å². The molecule has 182 valence electrons. The number of nitro benzene ring substituents is 1. The molecule has 0 aliphatic heterocycles. The molecule has 2 aromatic carbocycles. The Balaban J connectivity index is 1.71. The number of hydrogen-bond acceptors (Lipinski definition) is 6. The van der Waals surface area contributed by atoms with Crippen LogP contribution in [-0.2, 0) is 9.53 Å². The Morgan fingerprint density at radius 1 is 1.09 bits per heavy atom. The Kier molecular flexibility index (Phi) is 7.75. The molecule has 10 heteroatoms. The molecule has 0 saturated heterocycles. The lowest BCUT2D eigenvalue weighted by Gasteiger charge is -2.13. The molecular formula is C25H22F2N2O6. The fourth-order valence-electron chi connectivity index (χ4n) is 3.58. The van der Waals surface area contributed by atoms with E-state index >= 15 is 0 Å². The maximum absolute atomic E-state index is 13.0. The van der Waals surface area contributed by atoms with E-state index < -0.39 is 29.4 Å². The van der Waals surface area contributed by atoms with Gasteiger partial charge in [0.15, 0.2) is 6.10 Å². The number of nitrogens with zero attached hydrogens (tertiary/aromatic N) is 2. The number of halogens is 2. The van der Waals surface area contributed by atoms with Crippen molar-refractivity contribution in [3.8, 4) is 11.4 Å². The van der Waals surface area contributed by atoms with Crippen LogP contribution in [-0.4, -0.2) is 34.0 Å². The average Bonchev–Trinajstić information content (AvgIpc) is 3.11. The van der Waals surface area contributed by atoms with Gasteiger partial charge in [-0.15, -0.1) is 0 Å². The first-order valence-corrected chi connectivity index (χ1v) is 10.5. The largest absolute Gasteiger partial charge is 0.451 e. The van der Waals surface area contributed by atoms with E-state index in [1.54, 1.807) is 42.7 Å². The molecule has 0 saturated carbocycles. The molecule has 0 bridgehead atoms. The van der Waals surface area contributed by atoms with E-state index in [9.17, 15) is 28.5 Å². The van der Waals surface area contributed by atoms with Gasteiger partial charge in [0.05, 0.1) is 4.92 Å². The second-order valence-corrected chi connectivity index (χ2v) is 7.62. The van der Waals surface area contributed by atoms with Crippen molar-refractivity contribution in [1.29, 1.82) is 0 Å². The zero-order valence-electron chi connectivity index (χ0n) is 19.1. The quantitative estimate of drug-likeness (QED) is 0.132. The highest BCUT2D eigenvalue weighted by atomic mass is 19.3. The SMILES string of the molecule is Cc1cc(C(=O)C(C)OC(=O)/C=C/c2cccc([N+](=O)[O-])c2)c(C)n1-c1ccc(OC(F)F)cc1. The Hall–Kier alpha value is -4.34. The highest BCUT2D eigenvalue weighted by Gasteiger charge is 2.24. The Morgan fingerprint density at radius 3 is 2.40 bits per heavy atom. The third-order valence-electron chi connectivity index (χ3n) is 5.17. The summed E-state index contributed by atoms with van der Waals surface area (Å²) in [6.07, 6.45) is 1.36. The van der Waals surface area contributed by atoms with E-state index in [0.717, 1.165) is 11.8 Å². The number of benzene rings is 2. The fraction of sp³-hybridized carbons (Fsp3) is 0.200. The van der Waals surface area contributed by atoms with Gasteiger partial charge in [-0.05, 0) is 62.7 Å². The Labute approximate surface area is 199 Å². The second-order valence-electron chi connectivity index (χ2n) is 7.62. The number of non-ortho nitro benzene ring substituents is 1. The molecule has 3 aromatic rings. The first-order chi connectivity index (χ1) is 16.6. The molecule has 1 aromatic heterocycles. The normalized spacial score (nSPS) is 12.1. The predicted molar refractivity (Wildman–Crippen MR) is 124 cm³/mol. The number of ether oxygens (including phenoxy) is 2. The van der Waals surface area contributed by atoms with Crippen molar-refractivity contribution in [2.75, 3.05) is 0 Å². The number of nitro groups is 1. The lowest BCUT2D eigenvalue weighted by atomic mass is 10.1. The van der Waals surface area contributed by atoms with E-state index in [0.29, 0.717) is 22.5 Å². The summed E-state index contributed by atoms with van der Waals surface area (Å²) in [5.41, 5.74) is 2.62. The maximum atomic E-state index is 13.0. The van der Waals surface area contributed by atoms with Gasteiger partial charge in [-0.25, -0.2) is 4.79 Å². The van der Waals surface area contributed by atoms with Crippen LogP contribution in [0.2, 0.25) is 0 Å². The summed E-state index contributed by atoms with van der Waals surface area (Å²) in [5, 5.41) is 10.9. The smallest absolute Gasteiger partial charge is 0.387 e. The number of hydrogen-bond donors (Lipinski definition) is 0. The molecule has 1 unspecified atom stereocenters.